The van der Waals surface area contributed by atoms with E-state index in [1.54, 1.807) is 18.2 Å². The van der Waals surface area contributed by atoms with Crippen LogP contribution < -0.4 is 5.32 Å². The highest BCUT2D eigenvalue weighted by Gasteiger charge is 2.67. The van der Waals surface area contributed by atoms with Crippen LogP contribution in [0.25, 0.3) is 10.2 Å². The molecule has 1 amide bonds. The molecule has 2 aliphatic heterocycles. The van der Waals surface area contributed by atoms with Crippen molar-refractivity contribution in [1.29, 1.82) is 0 Å². The number of halogens is 4. The average Bonchev–Trinajstić information content (AvgIpc) is 3.15. The van der Waals surface area contributed by atoms with Crippen LogP contribution in [-0.2, 0) is 4.79 Å². The molecule has 3 heterocycles. The lowest BCUT2D eigenvalue weighted by molar-refractivity contribution is -0.185. The van der Waals surface area contributed by atoms with Crippen LogP contribution in [0.5, 0.6) is 0 Å². The van der Waals surface area contributed by atoms with Crippen LogP contribution in [0.15, 0.2) is 23.2 Å². The van der Waals surface area contributed by atoms with Crippen LogP contribution in [0.1, 0.15) is 0 Å². The van der Waals surface area contributed by atoms with E-state index in [0.29, 0.717) is 21.0 Å². The quantitative estimate of drug-likeness (QED) is 0.849. The summed E-state index contributed by atoms with van der Waals surface area (Å²) in [5, 5.41) is 2.74. The van der Waals surface area contributed by atoms with Crippen molar-refractivity contribution in [3.05, 3.63) is 23.2 Å². The summed E-state index contributed by atoms with van der Waals surface area (Å²) in [6.07, 6.45) is -4.89. The Hall–Kier alpha value is -1.52. The Morgan fingerprint density at radius 1 is 1.38 bits per heavy atom. The second-order valence-corrected chi connectivity index (χ2v) is 7.69. The molecule has 1 N–H and O–H groups in total. The number of carbonyl (C=O) groups is 1. The lowest BCUT2D eigenvalue weighted by Gasteiger charge is -2.28. The molecule has 5 nitrogen and oxygen atoms in total. The largest absolute Gasteiger partial charge is 0.442 e. The van der Waals surface area contributed by atoms with Gasteiger partial charge in [-0.1, -0.05) is 34.7 Å². The van der Waals surface area contributed by atoms with Gasteiger partial charge in [0, 0.05) is 17.3 Å². The number of nitrogens with one attached hydrogen (secondary N) is 1. The van der Waals surface area contributed by atoms with Crippen LogP contribution in [-0.4, -0.2) is 45.1 Å². The van der Waals surface area contributed by atoms with Gasteiger partial charge in [-0.15, -0.1) is 0 Å². The van der Waals surface area contributed by atoms with E-state index in [1.807, 2.05) is 0 Å². The molecule has 126 valence electrons. The molecule has 0 spiro atoms. The zero-order valence-electron chi connectivity index (χ0n) is 11.7. The maximum absolute atomic E-state index is 13.7. The maximum Gasteiger partial charge on any atom is 0.442 e. The van der Waals surface area contributed by atoms with Crippen molar-refractivity contribution in [2.75, 3.05) is 17.6 Å². The first kappa shape index (κ1) is 16.0. The van der Waals surface area contributed by atoms with Gasteiger partial charge in [0.15, 0.2) is 10.3 Å². The summed E-state index contributed by atoms with van der Waals surface area (Å²) >= 11 is 8.00. The van der Waals surface area contributed by atoms with E-state index in [2.05, 4.69) is 15.3 Å². The molecule has 1 atom stereocenters. The summed E-state index contributed by atoms with van der Waals surface area (Å²) in [6.45, 7) is 0.220. The van der Waals surface area contributed by atoms with Crippen molar-refractivity contribution in [3.63, 3.8) is 0 Å². The topological polar surface area (TPSA) is 57.6 Å². The Kier molecular flexibility index (Phi) is 3.49. The van der Waals surface area contributed by atoms with E-state index in [9.17, 15) is 18.0 Å². The lowest BCUT2D eigenvalue weighted by atomic mass is 10.1. The molecule has 1 fully saturated rings. The molecule has 0 radical (unpaired) electrons. The Labute approximate surface area is 146 Å². The number of fused-ring (bicyclic) bond motifs is 2. The van der Waals surface area contributed by atoms with Crippen LogP contribution in [0.2, 0.25) is 5.02 Å². The van der Waals surface area contributed by atoms with Crippen molar-refractivity contribution < 1.29 is 18.0 Å². The van der Waals surface area contributed by atoms with Crippen molar-refractivity contribution in [3.8, 4) is 0 Å². The first-order chi connectivity index (χ1) is 11.3. The monoisotopic (exact) mass is 392 g/mol. The van der Waals surface area contributed by atoms with Gasteiger partial charge in [0.2, 0.25) is 0 Å². The first-order valence-electron chi connectivity index (χ1n) is 6.76. The van der Waals surface area contributed by atoms with E-state index in [0.717, 1.165) is 28.0 Å². The van der Waals surface area contributed by atoms with Crippen molar-refractivity contribution in [2.24, 2.45) is 4.99 Å². The minimum atomic E-state index is -4.89. The van der Waals surface area contributed by atoms with Crippen LogP contribution in [0.4, 0.5) is 18.3 Å². The van der Waals surface area contributed by atoms with Gasteiger partial charge in [-0.05, 0) is 18.2 Å². The van der Waals surface area contributed by atoms with Crippen LogP contribution in [0.3, 0.4) is 0 Å². The third kappa shape index (κ3) is 2.27. The summed E-state index contributed by atoms with van der Waals surface area (Å²) in [4.78, 5) is 21.2. The van der Waals surface area contributed by atoms with E-state index < -0.39 is 17.7 Å². The third-order valence-corrected chi connectivity index (χ3v) is 5.77. The predicted octanol–water partition coefficient (Wildman–Crippen LogP) is 3.57. The number of amides is 1. The number of nitrogens with zero attached hydrogens (tertiary/aromatic N) is 3. The number of rotatable bonds is 2. The van der Waals surface area contributed by atoms with Gasteiger partial charge in [0.1, 0.15) is 0 Å². The zero-order chi connectivity index (χ0) is 17.1. The SMILES string of the molecule is O=C1N2CCSC2=N[C@]1(Nc1nc2ccc(Cl)cc2s1)C(F)(F)F. The number of thiazole rings is 1. The number of thioether (sulfide) groups is 1. The fraction of sp³-hybridized carbons (Fsp3) is 0.308. The van der Waals surface area contributed by atoms with Gasteiger partial charge in [0.25, 0.3) is 5.91 Å². The van der Waals surface area contributed by atoms with Crippen LogP contribution in [0, 0.1) is 0 Å². The van der Waals surface area contributed by atoms with E-state index in [1.165, 1.54) is 0 Å². The Morgan fingerprint density at radius 2 is 2.17 bits per heavy atom. The van der Waals surface area contributed by atoms with E-state index >= 15 is 0 Å². The molecular formula is C13H8ClF3N4OS2. The number of carbonyl (C=O) groups excluding carboxylic acids is 1. The van der Waals surface area contributed by atoms with Crippen molar-refractivity contribution >= 4 is 61.1 Å². The zero-order valence-corrected chi connectivity index (χ0v) is 14.1. The molecule has 1 saturated heterocycles. The maximum atomic E-state index is 13.7. The molecular weight excluding hydrogens is 385 g/mol. The Bertz CT molecular complexity index is 884. The molecule has 2 aromatic rings. The van der Waals surface area contributed by atoms with Crippen LogP contribution >= 0.6 is 34.7 Å². The number of aliphatic imine (C=N–C) groups is 1. The van der Waals surface area contributed by atoms with Gasteiger partial charge in [-0.25, -0.2) is 9.98 Å². The first-order valence-corrected chi connectivity index (χ1v) is 8.94. The summed E-state index contributed by atoms with van der Waals surface area (Å²) in [5.41, 5.74) is -2.52. The number of hydrogen-bond acceptors (Lipinski definition) is 6. The molecule has 0 unspecified atom stereocenters. The Morgan fingerprint density at radius 3 is 2.88 bits per heavy atom. The smallest absolute Gasteiger partial charge is 0.322 e. The standard InChI is InChI=1S/C13H8ClF3N4OS2/c14-6-1-2-7-8(5-6)24-10(18-7)19-12(13(15,16)17)9(22)21-3-4-23-11(21)20-12/h1-2,5H,3-4H2,(H,18,19)/t12-/m0/s1. The molecule has 0 aliphatic carbocycles. The highest BCUT2D eigenvalue weighted by atomic mass is 35.5. The predicted molar refractivity (Wildman–Crippen MR) is 88.6 cm³/mol. The summed E-state index contributed by atoms with van der Waals surface area (Å²) in [6, 6.07) is 4.81. The minimum absolute atomic E-state index is 0.0338. The van der Waals surface area contributed by atoms with Gasteiger partial charge < -0.3 is 5.32 Å². The number of aromatic nitrogens is 1. The van der Waals surface area contributed by atoms with Gasteiger partial charge in [0.05, 0.1) is 10.2 Å². The fourth-order valence-electron chi connectivity index (χ4n) is 2.51. The number of amidine groups is 1. The molecule has 0 saturated carbocycles. The second-order valence-electron chi connectivity index (χ2n) is 5.16. The highest BCUT2D eigenvalue weighted by Crippen LogP contribution is 2.44. The number of hydrogen-bond donors (Lipinski definition) is 1. The lowest BCUT2D eigenvalue weighted by Crippen LogP contribution is -2.57. The van der Waals surface area contributed by atoms with Gasteiger partial charge in [-0.2, -0.15) is 13.2 Å². The molecule has 4 rings (SSSR count). The van der Waals surface area contributed by atoms with Gasteiger partial charge >= 0.3 is 11.8 Å². The van der Waals surface area contributed by atoms with Crippen molar-refractivity contribution in [1.82, 2.24) is 9.88 Å². The molecule has 1 aromatic heterocycles. The molecule has 2 aliphatic rings. The molecule has 0 bridgehead atoms. The number of anilines is 1. The average molecular weight is 393 g/mol. The minimum Gasteiger partial charge on any atom is -0.322 e. The normalized spacial score (nSPS) is 23.8. The molecule has 1 aromatic carbocycles. The Balaban J connectivity index is 1.78. The van der Waals surface area contributed by atoms with E-state index in [-0.39, 0.29) is 16.8 Å². The van der Waals surface area contributed by atoms with Crippen molar-refractivity contribution in [2.45, 2.75) is 11.8 Å². The van der Waals surface area contributed by atoms with Gasteiger partial charge in [-0.3, -0.25) is 9.69 Å². The number of alkyl halides is 3. The highest BCUT2D eigenvalue weighted by molar-refractivity contribution is 8.14. The second kappa shape index (κ2) is 5.24. The van der Waals surface area contributed by atoms with E-state index in [4.69, 9.17) is 11.6 Å². The number of benzene rings is 1. The summed E-state index contributed by atoms with van der Waals surface area (Å²) < 4.78 is 41.7. The molecule has 11 heteroatoms. The molecule has 24 heavy (non-hydrogen) atoms. The third-order valence-electron chi connectivity index (χ3n) is 3.64. The summed E-state index contributed by atoms with van der Waals surface area (Å²) in [5.74, 6) is -0.578. The fourth-order valence-corrected chi connectivity index (χ4v) is 4.69. The summed E-state index contributed by atoms with van der Waals surface area (Å²) in [7, 11) is 0.